The number of methoxy groups -OCH3 is 1. The van der Waals surface area contributed by atoms with E-state index in [4.69, 9.17) is 4.74 Å². The van der Waals surface area contributed by atoms with Crippen molar-refractivity contribution >= 4 is 17.5 Å². The first-order valence-electron chi connectivity index (χ1n) is 10.4. The lowest BCUT2D eigenvalue weighted by atomic mass is 10.0. The topological polar surface area (TPSA) is 58.6 Å². The van der Waals surface area contributed by atoms with Gasteiger partial charge < -0.3 is 15.0 Å². The molecule has 2 amide bonds. The number of hydrogen-bond donors (Lipinski definition) is 1. The van der Waals surface area contributed by atoms with E-state index < -0.39 is 0 Å². The molecule has 29 heavy (non-hydrogen) atoms. The first-order valence-corrected chi connectivity index (χ1v) is 10.4. The molecule has 2 aromatic rings. The van der Waals surface area contributed by atoms with Crippen LogP contribution < -0.4 is 15.0 Å². The summed E-state index contributed by atoms with van der Waals surface area (Å²) < 4.78 is 5.19. The number of carbonyl (C=O) groups excluding carboxylic acids is 2. The van der Waals surface area contributed by atoms with Crippen molar-refractivity contribution in [3.05, 3.63) is 59.2 Å². The fourth-order valence-electron chi connectivity index (χ4n) is 3.94. The third kappa shape index (κ3) is 4.44. The molecule has 1 aliphatic rings. The van der Waals surface area contributed by atoms with Crippen molar-refractivity contribution in [2.45, 2.75) is 52.6 Å². The van der Waals surface area contributed by atoms with Crippen LogP contribution in [0.25, 0.3) is 0 Å². The molecule has 0 radical (unpaired) electrons. The van der Waals surface area contributed by atoms with Crippen molar-refractivity contribution < 1.29 is 14.3 Å². The van der Waals surface area contributed by atoms with Crippen LogP contribution in [-0.4, -0.2) is 25.0 Å². The maximum atomic E-state index is 13.2. The van der Waals surface area contributed by atoms with Crippen LogP contribution >= 0.6 is 0 Å². The normalized spacial score (nSPS) is 15.3. The molecule has 0 spiro atoms. The molecule has 154 valence electrons. The molecule has 2 aromatic carbocycles. The van der Waals surface area contributed by atoms with Crippen molar-refractivity contribution in [2.24, 2.45) is 5.92 Å². The van der Waals surface area contributed by atoms with Gasteiger partial charge in [0.05, 0.1) is 7.11 Å². The van der Waals surface area contributed by atoms with Crippen LogP contribution in [0.15, 0.2) is 42.5 Å². The minimum atomic E-state index is -0.0166. The maximum Gasteiger partial charge on any atom is 0.258 e. The molecule has 0 saturated carbocycles. The fraction of sp³-hybridized carbons (Fsp3) is 0.417. The average molecular weight is 395 g/mol. The van der Waals surface area contributed by atoms with Crippen molar-refractivity contribution in [3.63, 3.8) is 0 Å². The Kier molecular flexibility index (Phi) is 6.57. The monoisotopic (exact) mass is 394 g/mol. The van der Waals surface area contributed by atoms with E-state index in [2.05, 4.69) is 18.3 Å². The first-order chi connectivity index (χ1) is 14.0. The molecule has 5 nitrogen and oxygen atoms in total. The van der Waals surface area contributed by atoms with E-state index in [1.165, 1.54) is 0 Å². The number of anilines is 1. The van der Waals surface area contributed by atoms with Gasteiger partial charge in [0.2, 0.25) is 5.91 Å². The third-order valence-corrected chi connectivity index (χ3v) is 5.74. The Hall–Kier alpha value is -2.82. The Morgan fingerprint density at radius 3 is 2.45 bits per heavy atom. The zero-order valence-corrected chi connectivity index (χ0v) is 17.7. The van der Waals surface area contributed by atoms with Gasteiger partial charge in [0.1, 0.15) is 5.75 Å². The average Bonchev–Trinajstić information content (AvgIpc) is 3.07. The standard InChI is InChI=1S/C24H30N2O3/c1-5-18(6-2)23(27)25-15-17-7-8-20-13-16(3)26(22(20)14-17)24(28)19-9-11-21(29-4)12-10-19/h7-12,14,16,18H,5-6,13,15H2,1-4H3,(H,25,27)/t16-/m1/s1. The second kappa shape index (κ2) is 9.12. The van der Waals surface area contributed by atoms with Gasteiger partial charge in [-0.05, 0) is 67.6 Å². The second-order valence-electron chi connectivity index (χ2n) is 7.65. The summed E-state index contributed by atoms with van der Waals surface area (Å²) in [7, 11) is 1.61. The molecule has 3 rings (SSSR count). The summed E-state index contributed by atoms with van der Waals surface area (Å²) in [6.07, 6.45) is 2.51. The lowest BCUT2D eigenvalue weighted by molar-refractivity contribution is -0.125. The Labute approximate surface area is 173 Å². The lowest BCUT2D eigenvalue weighted by Crippen LogP contribution is -2.35. The van der Waals surface area contributed by atoms with Crippen LogP contribution in [0.5, 0.6) is 5.75 Å². The summed E-state index contributed by atoms with van der Waals surface area (Å²) in [6, 6.07) is 13.4. The minimum Gasteiger partial charge on any atom is -0.497 e. The highest BCUT2D eigenvalue weighted by Crippen LogP contribution is 2.34. The van der Waals surface area contributed by atoms with Gasteiger partial charge in [0.25, 0.3) is 5.91 Å². The molecule has 0 saturated heterocycles. The van der Waals surface area contributed by atoms with Gasteiger partial charge in [-0.25, -0.2) is 0 Å². The molecule has 0 aromatic heterocycles. The molecule has 1 N–H and O–H groups in total. The quantitative estimate of drug-likeness (QED) is 0.760. The highest BCUT2D eigenvalue weighted by molar-refractivity contribution is 6.07. The molecule has 1 atom stereocenters. The number of fused-ring (bicyclic) bond motifs is 1. The first kappa shape index (κ1) is 20.9. The molecule has 1 aliphatic heterocycles. The van der Waals surface area contributed by atoms with Gasteiger partial charge in [0.15, 0.2) is 0 Å². The Balaban J connectivity index is 1.78. The Morgan fingerprint density at radius 2 is 1.83 bits per heavy atom. The van der Waals surface area contributed by atoms with Gasteiger partial charge in [-0.1, -0.05) is 26.0 Å². The maximum absolute atomic E-state index is 13.2. The predicted molar refractivity (Wildman–Crippen MR) is 115 cm³/mol. The van der Waals surface area contributed by atoms with Crippen molar-refractivity contribution in [1.29, 1.82) is 0 Å². The third-order valence-electron chi connectivity index (χ3n) is 5.74. The van der Waals surface area contributed by atoms with Gasteiger partial charge >= 0.3 is 0 Å². The summed E-state index contributed by atoms with van der Waals surface area (Å²) in [5.74, 6) is 0.858. The highest BCUT2D eigenvalue weighted by Gasteiger charge is 2.31. The van der Waals surface area contributed by atoms with Gasteiger partial charge in [-0.3, -0.25) is 9.59 Å². The number of nitrogens with one attached hydrogen (secondary N) is 1. The SMILES string of the molecule is CCC(CC)C(=O)NCc1ccc2c(c1)N(C(=O)c1ccc(OC)cc1)[C@H](C)C2. The summed E-state index contributed by atoms with van der Waals surface area (Å²) in [5.41, 5.74) is 3.74. The van der Waals surface area contributed by atoms with Crippen molar-refractivity contribution in [2.75, 3.05) is 12.0 Å². The van der Waals surface area contributed by atoms with E-state index in [-0.39, 0.29) is 23.8 Å². The zero-order chi connectivity index (χ0) is 21.0. The number of benzene rings is 2. The molecule has 1 heterocycles. The van der Waals surface area contributed by atoms with E-state index >= 15 is 0 Å². The molecule has 0 bridgehead atoms. The van der Waals surface area contributed by atoms with Crippen LogP contribution in [-0.2, 0) is 17.8 Å². The number of carbonyl (C=O) groups is 2. The number of nitrogens with zero attached hydrogens (tertiary/aromatic N) is 1. The number of rotatable bonds is 7. The summed E-state index contributed by atoms with van der Waals surface area (Å²) >= 11 is 0. The number of amides is 2. The van der Waals surface area contributed by atoms with Gasteiger partial charge in [-0.15, -0.1) is 0 Å². The molecule has 0 unspecified atom stereocenters. The highest BCUT2D eigenvalue weighted by atomic mass is 16.5. The summed E-state index contributed by atoms with van der Waals surface area (Å²) in [5, 5.41) is 3.04. The van der Waals surface area contributed by atoms with Gasteiger partial charge in [0, 0.05) is 29.8 Å². The van der Waals surface area contributed by atoms with Crippen LogP contribution in [0.3, 0.4) is 0 Å². The van der Waals surface area contributed by atoms with Crippen LogP contribution in [0.2, 0.25) is 0 Å². The second-order valence-corrected chi connectivity index (χ2v) is 7.65. The summed E-state index contributed by atoms with van der Waals surface area (Å²) in [4.78, 5) is 27.3. The van der Waals surface area contributed by atoms with Crippen molar-refractivity contribution in [1.82, 2.24) is 5.32 Å². The largest absolute Gasteiger partial charge is 0.497 e. The van der Waals surface area contributed by atoms with Gasteiger partial charge in [-0.2, -0.15) is 0 Å². The van der Waals surface area contributed by atoms with E-state index in [1.54, 1.807) is 31.4 Å². The summed E-state index contributed by atoms with van der Waals surface area (Å²) in [6.45, 7) is 6.61. The van der Waals surface area contributed by atoms with Crippen molar-refractivity contribution in [3.8, 4) is 5.75 Å². The minimum absolute atomic E-state index is 0.0166. The molecular formula is C24H30N2O3. The molecular weight excluding hydrogens is 364 g/mol. The number of ether oxygens (including phenoxy) is 1. The zero-order valence-electron chi connectivity index (χ0n) is 17.7. The van der Waals surface area contributed by atoms with E-state index in [0.29, 0.717) is 12.1 Å². The van der Waals surface area contributed by atoms with E-state index in [1.807, 2.05) is 30.9 Å². The number of hydrogen-bond acceptors (Lipinski definition) is 3. The van der Waals surface area contributed by atoms with Crippen LogP contribution in [0.1, 0.15) is 55.1 Å². The molecule has 0 aliphatic carbocycles. The van der Waals surface area contributed by atoms with E-state index in [0.717, 1.165) is 41.8 Å². The fourth-order valence-corrected chi connectivity index (χ4v) is 3.94. The predicted octanol–water partition coefficient (Wildman–Crippen LogP) is 4.34. The lowest BCUT2D eigenvalue weighted by Gasteiger charge is -2.23. The smallest absolute Gasteiger partial charge is 0.258 e. The molecule has 5 heteroatoms. The molecule has 0 fully saturated rings. The van der Waals surface area contributed by atoms with E-state index in [9.17, 15) is 9.59 Å². The Bertz CT molecular complexity index is 872. The van der Waals surface area contributed by atoms with Crippen LogP contribution in [0.4, 0.5) is 5.69 Å². The Morgan fingerprint density at radius 1 is 1.14 bits per heavy atom. The van der Waals surface area contributed by atoms with Crippen LogP contribution in [0, 0.1) is 5.92 Å².